The topological polar surface area (TPSA) is 131 Å². The number of nitrogens with one attached hydrogen (secondary N) is 2. The molecule has 0 atom stereocenters. The van der Waals surface area contributed by atoms with Gasteiger partial charge in [-0.25, -0.2) is 9.69 Å². The number of carbonyl (C=O) groups is 3. The van der Waals surface area contributed by atoms with Gasteiger partial charge in [0.25, 0.3) is 11.6 Å². The van der Waals surface area contributed by atoms with Crippen molar-refractivity contribution in [2.24, 2.45) is 0 Å². The number of nitro groups is 1. The van der Waals surface area contributed by atoms with Gasteiger partial charge in [-0.3, -0.25) is 19.7 Å². The smallest absolute Gasteiger partial charge is 0.329 e. The van der Waals surface area contributed by atoms with E-state index in [-0.39, 0.29) is 18.0 Å². The lowest BCUT2D eigenvalue weighted by molar-refractivity contribution is -0.384. The fraction of sp³-hybridized carbons (Fsp3) is 0.115. The molecule has 4 amide bonds. The molecule has 4 rings (SSSR count). The van der Waals surface area contributed by atoms with E-state index in [9.17, 15) is 24.5 Å². The van der Waals surface area contributed by atoms with Crippen LogP contribution in [0.3, 0.4) is 0 Å². The number of urea groups is 1. The maximum atomic E-state index is 12.8. The lowest BCUT2D eigenvalue weighted by Crippen LogP contribution is -2.38. The summed E-state index contributed by atoms with van der Waals surface area (Å²) in [4.78, 5) is 48.8. The molecular weight excluding hydrogens is 464 g/mol. The number of carbonyl (C=O) groups excluding carboxylic acids is 3. The largest absolute Gasteiger partial charge is 0.488 e. The normalized spacial score (nSPS) is 14.0. The Morgan fingerprint density at radius 2 is 1.75 bits per heavy atom. The Bertz CT molecular complexity index is 1350. The van der Waals surface area contributed by atoms with E-state index in [1.807, 2.05) is 19.1 Å². The molecule has 182 valence electrons. The molecule has 10 heteroatoms. The lowest BCUT2D eigenvalue weighted by atomic mass is 10.1. The Hall–Kier alpha value is -4.99. The Morgan fingerprint density at radius 3 is 2.44 bits per heavy atom. The lowest BCUT2D eigenvalue weighted by Gasteiger charge is -2.12. The highest BCUT2D eigenvalue weighted by Crippen LogP contribution is 2.24. The summed E-state index contributed by atoms with van der Waals surface area (Å²) in [6.45, 7) is 1.63. The zero-order valence-electron chi connectivity index (χ0n) is 19.3. The van der Waals surface area contributed by atoms with Gasteiger partial charge in [-0.2, -0.15) is 0 Å². The third kappa shape index (κ3) is 5.73. The first-order valence-corrected chi connectivity index (χ1v) is 11.0. The minimum Gasteiger partial charge on any atom is -0.488 e. The van der Waals surface area contributed by atoms with Crippen LogP contribution in [0.5, 0.6) is 5.75 Å². The average molecular weight is 486 g/mol. The van der Waals surface area contributed by atoms with Crippen LogP contribution in [-0.2, 0) is 16.2 Å². The highest BCUT2D eigenvalue weighted by molar-refractivity contribution is 6.16. The molecule has 1 aliphatic heterocycles. The number of nitro benzene ring substituents is 1. The number of nitrogens with zero attached hydrogens (tertiary/aromatic N) is 2. The Morgan fingerprint density at radius 1 is 1.06 bits per heavy atom. The number of benzene rings is 3. The van der Waals surface area contributed by atoms with Crippen LogP contribution >= 0.6 is 0 Å². The van der Waals surface area contributed by atoms with Crippen LogP contribution < -0.4 is 15.4 Å². The van der Waals surface area contributed by atoms with E-state index < -0.39 is 29.3 Å². The summed E-state index contributed by atoms with van der Waals surface area (Å²) < 4.78 is 5.85. The molecule has 10 nitrogen and oxygen atoms in total. The average Bonchev–Trinajstić information content (AvgIpc) is 3.12. The molecule has 0 bridgehead atoms. The zero-order valence-corrected chi connectivity index (χ0v) is 19.3. The molecule has 1 aliphatic rings. The number of hydrogen-bond donors (Lipinski definition) is 2. The molecule has 2 N–H and O–H groups in total. The third-order valence-corrected chi connectivity index (χ3v) is 5.36. The molecule has 0 saturated carbocycles. The number of non-ortho nitro benzene ring substituents is 1. The number of imide groups is 1. The predicted octanol–water partition coefficient (Wildman–Crippen LogP) is 4.01. The summed E-state index contributed by atoms with van der Waals surface area (Å²) in [7, 11) is 0. The van der Waals surface area contributed by atoms with E-state index in [4.69, 9.17) is 4.74 Å². The molecule has 36 heavy (non-hydrogen) atoms. The summed E-state index contributed by atoms with van der Waals surface area (Å²) in [5.74, 6) is -0.694. The highest BCUT2D eigenvalue weighted by Gasteiger charge is 2.35. The highest BCUT2D eigenvalue weighted by atomic mass is 16.6. The van der Waals surface area contributed by atoms with Gasteiger partial charge in [-0.15, -0.1) is 0 Å². The minimum absolute atomic E-state index is 0.00882. The molecule has 0 unspecified atom stereocenters. The van der Waals surface area contributed by atoms with Crippen molar-refractivity contribution in [1.29, 1.82) is 0 Å². The van der Waals surface area contributed by atoms with Crippen molar-refractivity contribution in [3.8, 4) is 5.75 Å². The number of amides is 4. The van der Waals surface area contributed by atoms with Crippen molar-refractivity contribution in [3.63, 3.8) is 0 Å². The molecule has 0 spiro atoms. The van der Waals surface area contributed by atoms with Gasteiger partial charge >= 0.3 is 6.03 Å². The van der Waals surface area contributed by atoms with Crippen molar-refractivity contribution in [1.82, 2.24) is 10.2 Å². The van der Waals surface area contributed by atoms with Crippen molar-refractivity contribution >= 4 is 35.3 Å². The van der Waals surface area contributed by atoms with Gasteiger partial charge in [0, 0.05) is 23.4 Å². The summed E-state index contributed by atoms with van der Waals surface area (Å²) in [6, 6.07) is 19.3. The quantitative estimate of drug-likeness (QED) is 0.214. The number of rotatable bonds is 8. The fourth-order valence-electron chi connectivity index (χ4n) is 3.46. The van der Waals surface area contributed by atoms with E-state index in [1.54, 1.807) is 48.5 Å². The van der Waals surface area contributed by atoms with Gasteiger partial charge in [0.15, 0.2) is 0 Å². The van der Waals surface area contributed by atoms with E-state index in [0.717, 1.165) is 16.0 Å². The molecule has 3 aromatic carbocycles. The Labute approximate surface area is 206 Å². The number of hydrogen-bond acceptors (Lipinski definition) is 6. The molecule has 0 radical (unpaired) electrons. The molecule has 0 aliphatic carbocycles. The number of aryl methyl sites for hydroxylation is 1. The minimum atomic E-state index is -0.699. The second kappa shape index (κ2) is 10.5. The van der Waals surface area contributed by atoms with Crippen molar-refractivity contribution in [2.45, 2.75) is 13.5 Å². The van der Waals surface area contributed by atoms with Crippen LogP contribution in [0.2, 0.25) is 0 Å². The van der Waals surface area contributed by atoms with Gasteiger partial charge in [0.1, 0.15) is 24.6 Å². The van der Waals surface area contributed by atoms with Crippen LogP contribution in [0.25, 0.3) is 6.08 Å². The van der Waals surface area contributed by atoms with E-state index in [1.165, 1.54) is 18.2 Å². The van der Waals surface area contributed by atoms with Crippen molar-refractivity contribution < 1.29 is 24.0 Å². The summed E-state index contributed by atoms with van der Waals surface area (Å²) in [6.07, 6.45) is 1.48. The summed E-state index contributed by atoms with van der Waals surface area (Å²) in [5.41, 5.74) is 2.85. The second-order valence-electron chi connectivity index (χ2n) is 8.04. The standard InChI is InChI=1S/C26H22N4O6/c1-17-6-10-20(11-7-17)27-24(31)15-29-25(32)22(28-26(29)33)14-19-4-2-3-5-23(19)36-16-18-8-12-21(13-9-18)30(34)35/h2-14H,15-16H2,1H3,(H,27,31)(H,28,33)/b22-14+. The number of ether oxygens (including phenoxy) is 1. The summed E-state index contributed by atoms with van der Waals surface area (Å²) >= 11 is 0. The predicted molar refractivity (Wildman–Crippen MR) is 132 cm³/mol. The van der Waals surface area contributed by atoms with Crippen LogP contribution in [0.4, 0.5) is 16.2 Å². The van der Waals surface area contributed by atoms with Gasteiger partial charge < -0.3 is 15.4 Å². The fourth-order valence-corrected chi connectivity index (χ4v) is 3.46. The van der Waals surface area contributed by atoms with Gasteiger partial charge in [0.2, 0.25) is 5.91 Å². The monoisotopic (exact) mass is 486 g/mol. The first-order chi connectivity index (χ1) is 17.3. The number of anilines is 1. The molecule has 3 aromatic rings. The first kappa shape index (κ1) is 24.1. The maximum absolute atomic E-state index is 12.8. The Kier molecular flexibility index (Phi) is 7.05. The van der Waals surface area contributed by atoms with Crippen LogP contribution in [0, 0.1) is 17.0 Å². The van der Waals surface area contributed by atoms with Crippen LogP contribution in [-0.4, -0.2) is 34.2 Å². The van der Waals surface area contributed by atoms with E-state index in [0.29, 0.717) is 17.0 Å². The molecule has 1 heterocycles. The second-order valence-corrected chi connectivity index (χ2v) is 8.04. The Balaban J connectivity index is 1.43. The van der Waals surface area contributed by atoms with Gasteiger partial charge in [0.05, 0.1) is 4.92 Å². The van der Waals surface area contributed by atoms with Gasteiger partial charge in [-0.05, 0) is 48.9 Å². The van der Waals surface area contributed by atoms with Gasteiger partial charge in [-0.1, -0.05) is 35.9 Å². The zero-order chi connectivity index (χ0) is 25.7. The van der Waals surface area contributed by atoms with Crippen molar-refractivity contribution in [2.75, 3.05) is 11.9 Å². The molecule has 1 fully saturated rings. The van der Waals surface area contributed by atoms with E-state index >= 15 is 0 Å². The number of para-hydroxylation sites is 1. The molecule has 1 saturated heterocycles. The molecular formula is C26H22N4O6. The van der Waals surface area contributed by atoms with Crippen LogP contribution in [0.15, 0.2) is 78.5 Å². The van der Waals surface area contributed by atoms with Crippen molar-refractivity contribution in [3.05, 3.63) is 105 Å². The van der Waals surface area contributed by atoms with Crippen LogP contribution in [0.1, 0.15) is 16.7 Å². The third-order valence-electron chi connectivity index (χ3n) is 5.36. The first-order valence-electron chi connectivity index (χ1n) is 11.0. The summed E-state index contributed by atoms with van der Waals surface area (Å²) in [5, 5.41) is 16.0. The molecule has 0 aromatic heterocycles. The van der Waals surface area contributed by atoms with E-state index in [2.05, 4.69) is 10.6 Å². The SMILES string of the molecule is Cc1ccc(NC(=O)CN2C(=O)N/C(=C/c3ccccc3OCc3ccc([N+](=O)[O-])cc3)C2=O)cc1. The maximum Gasteiger partial charge on any atom is 0.329 e.